The molecule has 52 heavy (non-hydrogen) atoms. The van der Waals surface area contributed by atoms with Crippen molar-refractivity contribution < 1.29 is 4.74 Å². The van der Waals surface area contributed by atoms with E-state index in [9.17, 15) is 0 Å². The Balaban J connectivity index is 1.29. The second-order valence-electron chi connectivity index (χ2n) is 13.0. The molecule has 1 aliphatic heterocycles. The zero-order valence-corrected chi connectivity index (χ0v) is 29.9. The van der Waals surface area contributed by atoms with Gasteiger partial charge in [-0.25, -0.2) is 4.98 Å². The first-order chi connectivity index (χ1) is 25.8. The van der Waals surface area contributed by atoms with Crippen LogP contribution in [0.1, 0.15) is 0 Å². The van der Waals surface area contributed by atoms with Gasteiger partial charge in [-0.05, 0) is 81.4 Å². The summed E-state index contributed by atoms with van der Waals surface area (Å²) in [5.41, 5.74) is 4.13. The van der Waals surface area contributed by atoms with Crippen LogP contribution in [0.15, 0.2) is 188 Å². The predicted octanol–water partition coefficient (Wildman–Crippen LogP) is 9.46. The smallest absolute Gasteiger partial charge is 0.184 e. The molecule has 4 nitrogen and oxygen atoms in total. The molecule has 0 spiro atoms. The normalized spacial score (nSPS) is 13.1. The summed E-state index contributed by atoms with van der Waals surface area (Å²) < 4.78 is 9.30. The Morgan fingerprint density at radius 1 is 0.519 bits per heavy atom. The Hall–Kier alpha value is -6.34. The van der Waals surface area contributed by atoms with Gasteiger partial charge >= 0.3 is 0 Å². The fourth-order valence-electron chi connectivity index (χ4n) is 7.98. The van der Waals surface area contributed by atoms with Gasteiger partial charge in [0.15, 0.2) is 8.07 Å². The lowest BCUT2D eigenvalue weighted by Crippen LogP contribution is -2.77. The number of ether oxygens (including phenoxy) is 1. The predicted molar refractivity (Wildman–Crippen MR) is 219 cm³/mol. The van der Waals surface area contributed by atoms with Crippen LogP contribution in [0.3, 0.4) is 0 Å². The van der Waals surface area contributed by atoms with E-state index >= 15 is 0 Å². The monoisotopic (exact) mass is 701 g/mol. The van der Waals surface area contributed by atoms with Crippen LogP contribution in [0.4, 0.5) is 17.2 Å². The average molecular weight is 702 g/mol. The molecule has 6 aromatic carbocycles. The molecule has 3 aromatic heterocycles. The van der Waals surface area contributed by atoms with Gasteiger partial charge in [-0.2, -0.15) is 0 Å². The fourth-order valence-corrected chi connectivity index (χ4v) is 14.5. The highest BCUT2D eigenvalue weighted by atomic mass is 32.1. The first kappa shape index (κ1) is 30.5. The van der Waals surface area contributed by atoms with Crippen molar-refractivity contribution in [2.45, 2.75) is 0 Å². The number of aromatic nitrogens is 2. The van der Waals surface area contributed by atoms with Crippen molar-refractivity contribution in [3.63, 3.8) is 0 Å². The first-order valence-corrected chi connectivity index (χ1v) is 20.2. The van der Waals surface area contributed by atoms with Gasteiger partial charge in [-0.1, -0.05) is 109 Å². The van der Waals surface area contributed by atoms with E-state index in [0.717, 1.165) is 39.9 Å². The Morgan fingerprint density at radius 2 is 1.23 bits per heavy atom. The second-order valence-corrected chi connectivity index (χ2v) is 17.7. The SMILES string of the molecule is c1ccc([Si]2(c3ccccc3)c3ccc(Oc4cccc(-c5ccccn5)c4)cc3N(c3ccccn3)c3ccc4sc5ccccc5c4c32)cc1. The molecule has 0 saturated carbocycles. The molecular weight excluding hydrogens is 671 g/mol. The molecule has 10 rings (SSSR count). The molecule has 0 saturated heterocycles. The highest BCUT2D eigenvalue weighted by Gasteiger charge is 2.50. The Bertz CT molecular complexity index is 2680. The average Bonchev–Trinajstić information content (AvgIpc) is 3.60. The van der Waals surface area contributed by atoms with Gasteiger partial charge in [0.05, 0.1) is 11.4 Å². The second kappa shape index (κ2) is 12.5. The third-order valence-corrected chi connectivity index (χ3v) is 16.1. The topological polar surface area (TPSA) is 38.2 Å². The zero-order chi connectivity index (χ0) is 34.5. The van der Waals surface area contributed by atoms with Crippen LogP contribution in [0, 0.1) is 0 Å². The maximum Gasteiger partial charge on any atom is 0.184 e. The van der Waals surface area contributed by atoms with Crippen LogP contribution in [0.5, 0.6) is 11.5 Å². The van der Waals surface area contributed by atoms with Crippen LogP contribution in [0.2, 0.25) is 0 Å². The van der Waals surface area contributed by atoms with E-state index in [1.54, 1.807) is 0 Å². The number of rotatable bonds is 6. The van der Waals surface area contributed by atoms with Crippen molar-refractivity contribution in [2.24, 2.45) is 0 Å². The van der Waals surface area contributed by atoms with E-state index < -0.39 is 8.07 Å². The maximum absolute atomic E-state index is 6.72. The number of anilines is 3. The quantitative estimate of drug-likeness (QED) is 0.162. The van der Waals surface area contributed by atoms with Crippen LogP contribution >= 0.6 is 11.3 Å². The number of fused-ring (bicyclic) bond motifs is 6. The van der Waals surface area contributed by atoms with E-state index in [0.29, 0.717) is 0 Å². The van der Waals surface area contributed by atoms with Gasteiger partial charge in [0.25, 0.3) is 0 Å². The number of pyridine rings is 2. The minimum absolute atomic E-state index is 0.754. The number of thiophene rings is 1. The zero-order valence-electron chi connectivity index (χ0n) is 28.1. The van der Waals surface area contributed by atoms with Gasteiger partial charge in [-0.15, -0.1) is 11.3 Å². The van der Waals surface area contributed by atoms with Crippen LogP contribution in [-0.4, -0.2) is 18.0 Å². The van der Waals surface area contributed by atoms with Crippen molar-refractivity contribution in [2.75, 3.05) is 4.90 Å². The van der Waals surface area contributed by atoms with Gasteiger partial charge in [0.2, 0.25) is 0 Å². The van der Waals surface area contributed by atoms with Crippen LogP contribution < -0.4 is 30.4 Å². The number of nitrogens with zero attached hydrogens (tertiary/aromatic N) is 3. The van der Waals surface area contributed by atoms with Crippen molar-refractivity contribution in [1.29, 1.82) is 0 Å². The first-order valence-electron chi connectivity index (χ1n) is 17.4. The van der Waals surface area contributed by atoms with Crippen LogP contribution in [-0.2, 0) is 0 Å². The third-order valence-electron chi connectivity index (χ3n) is 10.1. The van der Waals surface area contributed by atoms with E-state index in [1.165, 1.54) is 40.9 Å². The lowest BCUT2D eigenvalue weighted by atomic mass is 10.1. The molecule has 4 heterocycles. The Labute approximate surface area is 306 Å². The summed E-state index contributed by atoms with van der Waals surface area (Å²) in [6.07, 6.45) is 3.70. The molecule has 246 valence electrons. The van der Waals surface area contributed by atoms with E-state index in [-0.39, 0.29) is 0 Å². The summed E-state index contributed by atoms with van der Waals surface area (Å²) in [6.45, 7) is 0. The molecule has 0 amide bonds. The molecule has 9 aromatic rings. The number of benzene rings is 6. The largest absolute Gasteiger partial charge is 0.457 e. The summed E-state index contributed by atoms with van der Waals surface area (Å²) in [6, 6.07) is 62.8. The minimum Gasteiger partial charge on any atom is -0.457 e. The molecule has 1 aliphatic rings. The van der Waals surface area contributed by atoms with Gasteiger partial charge in [0, 0.05) is 49.9 Å². The number of hydrogen-bond donors (Lipinski definition) is 0. The van der Waals surface area contributed by atoms with Crippen molar-refractivity contribution in [3.05, 3.63) is 188 Å². The Morgan fingerprint density at radius 3 is 1.98 bits per heavy atom. The van der Waals surface area contributed by atoms with Gasteiger partial charge in [0.1, 0.15) is 17.3 Å². The van der Waals surface area contributed by atoms with E-state index in [4.69, 9.17) is 9.72 Å². The van der Waals surface area contributed by atoms with E-state index in [2.05, 4.69) is 149 Å². The van der Waals surface area contributed by atoms with Gasteiger partial charge < -0.3 is 4.74 Å². The molecule has 6 heteroatoms. The highest BCUT2D eigenvalue weighted by Crippen LogP contribution is 2.44. The summed E-state index contributed by atoms with van der Waals surface area (Å²) in [7, 11) is -2.99. The molecule has 0 fully saturated rings. The summed E-state index contributed by atoms with van der Waals surface area (Å²) in [4.78, 5) is 11.9. The fraction of sp³-hybridized carbons (Fsp3) is 0. The molecular formula is C46H31N3OSSi. The highest BCUT2D eigenvalue weighted by molar-refractivity contribution is 7.28. The maximum atomic E-state index is 6.72. The van der Waals surface area contributed by atoms with Crippen LogP contribution in [0.25, 0.3) is 31.4 Å². The van der Waals surface area contributed by atoms with Crippen molar-refractivity contribution >= 4 is 77.5 Å². The summed E-state index contributed by atoms with van der Waals surface area (Å²) in [5, 5.41) is 7.97. The molecule has 0 radical (unpaired) electrons. The summed E-state index contributed by atoms with van der Waals surface area (Å²) >= 11 is 1.87. The van der Waals surface area contributed by atoms with E-state index in [1.807, 2.05) is 60.1 Å². The summed E-state index contributed by atoms with van der Waals surface area (Å²) in [5.74, 6) is 2.37. The van der Waals surface area contributed by atoms with Crippen molar-refractivity contribution in [1.82, 2.24) is 9.97 Å². The molecule has 0 N–H and O–H groups in total. The lowest BCUT2D eigenvalue weighted by Gasteiger charge is -2.45. The molecule has 0 bridgehead atoms. The minimum atomic E-state index is -2.99. The molecule has 0 atom stereocenters. The van der Waals surface area contributed by atoms with Crippen molar-refractivity contribution in [3.8, 4) is 22.8 Å². The third kappa shape index (κ3) is 4.80. The molecule has 0 unspecified atom stereocenters. The Kier molecular flexibility index (Phi) is 7.30. The number of hydrogen-bond acceptors (Lipinski definition) is 5. The van der Waals surface area contributed by atoms with Gasteiger partial charge in [-0.3, -0.25) is 9.88 Å². The molecule has 0 aliphatic carbocycles. The standard InChI is InChI=1S/C46H31N3OSSi/c1-3-16-35(17-4-1)52(36-18-5-2-6-19-36)43-27-24-34(50-33-15-13-14-32(30-33)38-21-9-11-28-47-38)31-40(43)49(44-23-10-12-29-48-44)39-25-26-42-45(46(39)52)37-20-7-8-22-41(37)51-42/h1-31H. The lowest BCUT2D eigenvalue weighted by molar-refractivity contribution is 0.483.